The minimum atomic E-state index is -0.809. The van der Waals surface area contributed by atoms with Gasteiger partial charge >= 0.3 is 0 Å². The maximum Gasteiger partial charge on any atom is 0.243 e. The number of nitrogens with one attached hydrogen (secondary N) is 2. The number of halogens is 1. The zero-order valence-corrected chi connectivity index (χ0v) is 17.9. The molecule has 4 N–H and O–H groups in total. The van der Waals surface area contributed by atoms with E-state index >= 15 is 0 Å². The van der Waals surface area contributed by atoms with Crippen molar-refractivity contribution in [3.8, 4) is 0 Å². The Morgan fingerprint density at radius 3 is 2.70 bits per heavy atom. The monoisotopic (exact) mass is 433 g/mol. The minimum Gasteiger partial charge on any atom is -0.375 e. The summed E-state index contributed by atoms with van der Waals surface area (Å²) < 4.78 is 13.6. The van der Waals surface area contributed by atoms with Crippen LogP contribution in [0.15, 0.2) is 30.5 Å². The molecule has 7 nitrogen and oxygen atoms in total. The molecule has 0 bridgehead atoms. The number of piperidine rings is 1. The van der Waals surface area contributed by atoms with E-state index in [0.717, 1.165) is 30.8 Å². The molecular formula is C21H28FN5O2S. The zero-order chi connectivity index (χ0) is 21.5. The van der Waals surface area contributed by atoms with Crippen LogP contribution in [0.25, 0.3) is 0 Å². The summed E-state index contributed by atoms with van der Waals surface area (Å²) in [6.45, 7) is 3.88. The van der Waals surface area contributed by atoms with E-state index in [4.69, 9.17) is 5.73 Å². The van der Waals surface area contributed by atoms with Gasteiger partial charge in [-0.05, 0) is 50.6 Å². The van der Waals surface area contributed by atoms with Gasteiger partial charge in [0.15, 0.2) is 5.13 Å². The molecule has 2 aromatic rings. The van der Waals surface area contributed by atoms with Crippen LogP contribution in [0.2, 0.25) is 0 Å². The summed E-state index contributed by atoms with van der Waals surface area (Å²) >= 11 is 1.29. The standard InChI is InChI=1S/C21H28FN5O2S/c1-14(27-8-3-2-4-9-27)19(28)26-18(11-15-6-5-7-16(22)10-15)20(29)24-12-17-13-25-21(23)30-17/h5-7,10,13-14,18H,2-4,8-9,11-12H2,1H3,(H2,23,25)(H,24,29)(H,26,28)/t14?,18-/m0/s1. The molecule has 2 heterocycles. The number of benzene rings is 1. The first kappa shape index (κ1) is 22.2. The van der Waals surface area contributed by atoms with Crippen molar-refractivity contribution in [2.75, 3.05) is 18.8 Å². The lowest BCUT2D eigenvalue weighted by molar-refractivity contribution is -0.132. The number of amides is 2. The molecule has 30 heavy (non-hydrogen) atoms. The average Bonchev–Trinajstić information content (AvgIpc) is 3.16. The fraction of sp³-hybridized carbons (Fsp3) is 0.476. The molecule has 162 valence electrons. The Labute approximate surface area is 179 Å². The predicted octanol–water partition coefficient (Wildman–Crippen LogP) is 2.08. The van der Waals surface area contributed by atoms with Gasteiger partial charge in [-0.25, -0.2) is 9.37 Å². The van der Waals surface area contributed by atoms with Crippen LogP contribution in [-0.2, 0) is 22.6 Å². The molecule has 2 amide bonds. The van der Waals surface area contributed by atoms with Gasteiger partial charge in [-0.1, -0.05) is 18.6 Å². The summed E-state index contributed by atoms with van der Waals surface area (Å²) in [5.41, 5.74) is 6.27. The Kier molecular flexibility index (Phi) is 7.75. The molecule has 2 atom stereocenters. The summed E-state index contributed by atoms with van der Waals surface area (Å²) in [5, 5.41) is 6.13. The molecule has 1 aromatic heterocycles. The molecular weight excluding hydrogens is 405 g/mol. The fourth-order valence-corrected chi connectivity index (χ4v) is 4.20. The highest BCUT2D eigenvalue weighted by molar-refractivity contribution is 7.15. The van der Waals surface area contributed by atoms with Gasteiger partial charge in [0.1, 0.15) is 11.9 Å². The van der Waals surface area contributed by atoms with Crippen LogP contribution in [-0.4, -0.2) is 46.9 Å². The molecule has 0 saturated carbocycles. The third-order valence-electron chi connectivity index (χ3n) is 5.29. The van der Waals surface area contributed by atoms with Crippen molar-refractivity contribution in [3.05, 3.63) is 46.7 Å². The lowest BCUT2D eigenvalue weighted by atomic mass is 10.0. The smallest absolute Gasteiger partial charge is 0.243 e. The average molecular weight is 434 g/mol. The second-order valence-electron chi connectivity index (χ2n) is 7.55. The SMILES string of the molecule is CC(C(=O)N[C@@H](Cc1cccc(F)c1)C(=O)NCc1cnc(N)s1)N1CCCCC1. The lowest BCUT2D eigenvalue weighted by Crippen LogP contribution is -2.54. The first-order valence-electron chi connectivity index (χ1n) is 10.2. The Morgan fingerprint density at radius 1 is 1.27 bits per heavy atom. The van der Waals surface area contributed by atoms with E-state index in [1.165, 1.54) is 29.9 Å². The van der Waals surface area contributed by atoms with E-state index < -0.39 is 6.04 Å². The van der Waals surface area contributed by atoms with E-state index in [0.29, 0.717) is 10.7 Å². The number of carbonyl (C=O) groups excluding carboxylic acids is 2. The van der Waals surface area contributed by atoms with Crippen LogP contribution < -0.4 is 16.4 Å². The van der Waals surface area contributed by atoms with E-state index in [-0.39, 0.29) is 36.6 Å². The number of anilines is 1. The van der Waals surface area contributed by atoms with Gasteiger partial charge in [0.25, 0.3) is 0 Å². The van der Waals surface area contributed by atoms with Crippen molar-refractivity contribution in [3.63, 3.8) is 0 Å². The number of aromatic nitrogens is 1. The highest BCUT2D eigenvalue weighted by Crippen LogP contribution is 2.15. The number of nitrogens with two attached hydrogens (primary N) is 1. The lowest BCUT2D eigenvalue weighted by Gasteiger charge is -2.32. The first-order chi connectivity index (χ1) is 14.4. The topological polar surface area (TPSA) is 100 Å². The number of hydrogen-bond donors (Lipinski definition) is 3. The van der Waals surface area contributed by atoms with Crippen LogP contribution in [0.3, 0.4) is 0 Å². The van der Waals surface area contributed by atoms with Crippen LogP contribution in [0.1, 0.15) is 36.6 Å². The number of hydrogen-bond acceptors (Lipinski definition) is 6. The summed E-state index contributed by atoms with van der Waals surface area (Å²) in [6.07, 6.45) is 5.13. The van der Waals surface area contributed by atoms with E-state index in [1.807, 2.05) is 6.92 Å². The predicted molar refractivity (Wildman–Crippen MR) is 115 cm³/mol. The number of thiazole rings is 1. The third-order valence-corrected chi connectivity index (χ3v) is 6.11. The molecule has 0 spiro atoms. The normalized spacial score (nSPS) is 16.6. The number of rotatable bonds is 8. The summed E-state index contributed by atoms with van der Waals surface area (Å²) in [4.78, 5) is 32.6. The highest BCUT2D eigenvalue weighted by Gasteiger charge is 2.27. The largest absolute Gasteiger partial charge is 0.375 e. The van der Waals surface area contributed by atoms with Crippen molar-refractivity contribution in [1.82, 2.24) is 20.5 Å². The second kappa shape index (κ2) is 10.5. The minimum absolute atomic E-state index is 0.199. The van der Waals surface area contributed by atoms with Crippen molar-refractivity contribution < 1.29 is 14.0 Å². The van der Waals surface area contributed by atoms with Gasteiger partial charge in [0, 0.05) is 17.5 Å². The van der Waals surface area contributed by atoms with Gasteiger partial charge in [0.05, 0.1) is 12.6 Å². The van der Waals surface area contributed by atoms with Gasteiger partial charge in [0.2, 0.25) is 11.8 Å². The summed E-state index contributed by atoms with van der Waals surface area (Å²) in [5.74, 6) is -0.902. The summed E-state index contributed by atoms with van der Waals surface area (Å²) in [6, 6.07) is 4.94. The Morgan fingerprint density at radius 2 is 2.03 bits per heavy atom. The number of nitrogen functional groups attached to an aromatic ring is 1. The van der Waals surface area contributed by atoms with Gasteiger partial charge < -0.3 is 16.4 Å². The fourth-order valence-electron chi connectivity index (χ4n) is 3.57. The van der Waals surface area contributed by atoms with Crippen LogP contribution >= 0.6 is 11.3 Å². The Bertz CT molecular complexity index is 869. The first-order valence-corrected chi connectivity index (χ1v) is 11.0. The van der Waals surface area contributed by atoms with Crippen molar-refractivity contribution in [2.45, 2.75) is 51.2 Å². The van der Waals surface area contributed by atoms with Crippen LogP contribution in [0.4, 0.5) is 9.52 Å². The Balaban J connectivity index is 1.67. The van der Waals surface area contributed by atoms with Crippen molar-refractivity contribution in [2.24, 2.45) is 0 Å². The van der Waals surface area contributed by atoms with Crippen molar-refractivity contribution >= 4 is 28.3 Å². The maximum absolute atomic E-state index is 13.6. The van der Waals surface area contributed by atoms with Crippen LogP contribution in [0, 0.1) is 5.82 Å². The quantitative estimate of drug-likeness (QED) is 0.592. The molecule has 1 aliphatic heterocycles. The van der Waals surface area contributed by atoms with Crippen molar-refractivity contribution in [1.29, 1.82) is 0 Å². The molecule has 9 heteroatoms. The molecule has 1 aromatic carbocycles. The maximum atomic E-state index is 13.6. The molecule has 1 aliphatic rings. The molecule has 1 unspecified atom stereocenters. The molecule has 1 fully saturated rings. The van der Waals surface area contributed by atoms with Gasteiger partial charge in [-0.3, -0.25) is 14.5 Å². The summed E-state index contributed by atoms with van der Waals surface area (Å²) in [7, 11) is 0. The second-order valence-corrected chi connectivity index (χ2v) is 8.70. The van der Waals surface area contributed by atoms with E-state index in [1.54, 1.807) is 18.3 Å². The zero-order valence-electron chi connectivity index (χ0n) is 17.1. The molecule has 0 radical (unpaired) electrons. The molecule has 3 rings (SSSR count). The van der Waals surface area contributed by atoms with Crippen LogP contribution in [0.5, 0.6) is 0 Å². The third kappa shape index (κ3) is 6.24. The number of likely N-dealkylation sites (tertiary alicyclic amines) is 1. The molecule has 0 aliphatic carbocycles. The highest BCUT2D eigenvalue weighted by atomic mass is 32.1. The van der Waals surface area contributed by atoms with Gasteiger partial charge in [-0.2, -0.15) is 0 Å². The molecule has 1 saturated heterocycles. The Hall–Kier alpha value is -2.52. The van der Waals surface area contributed by atoms with Gasteiger partial charge in [-0.15, -0.1) is 11.3 Å². The van der Waals surface area contributed by atoms with E-state index in [9.17, 15) is 14.0 Å². The number of nitrogens with zero attached hydrogens (tertiary/aromatic N) is 2. The van der Waals surface area contributed by atoms with E-state index in [2.05, 4.69) is 20.5 Å². The number of carbonyl (C=O) groups is 2.